The van der Waals surface area contributed by atoms with E-state index in [1.54, 1.807) is 12.1 Å². The van der Waals surface area contributed by atoms with Crippen LogP contribution in [-0.2, 0) is 16.8 Å². The van der Waals surface area contributed by atoms with Gasteiger partial charge in [0, 0.05) is 10.8 Å². The normalized spacial score (nSPS) is 17.1. The molecule has 3 aromatic rings. The Kier molecular flexibility index (Phi) is 5.42. The number of ether oxygens (including phenoxy) is 1. The molecule has 2 nitrogen and oxygen atoms in total. The Balaban J connectivity index is 1.54. The van der Waals surface area contributed by atoms with E-state index in [0.717, 1.165) is 42.4 Å². The lowest BCUT2D eigenvalue weighted by Crippen LogP contribution is -2.43. The molecule has 0 atom stereocenters. The molecule has 1 saturated heterocycles. The zero-order valence-corrected chi connectivity index (χ0v) is 16.1. The molecular formula is C24H25F2NO. The summed E-state index contributed by atoms with van der Waals surface area (Å²) in [5, 5.41) is 1.51. The molecule has 0 aromatic heterocycles. The van der Waals surface area contributed by atoms with Crippen LogP contribution in [0.1, 0.15) is 24.0 Å². The third kappa shape index (κ3) is 3.80. The van der Waals surface area contributed by atoms with Crippen LogP contribution in [0.15, 0.2) is 60.7 Å². The first kappa shape index (κ1) is 19.0. The van der Waals surface area contributed by atoms with Crippen LogP contribution < -0.4 is 0 Å². The highest BCUT2D eigenvalue weighted by atomic mass is 19.1. The molecule has 1 fully saturated rings. The molecule has 0 unspecified atom stereocenters. The van der Waals surface area contributed by atoms with E-state index in [1.165, 1.54) is 18.2 Å². The van der Waals surface area contributed by atoms with Crippen molar-refractivity contribution in [1.29, 1.82) is 0 Å². The van der Waals surface area contributed by atoms with E-state index in [0.29, 0.717) is 18.6 Å². The number of halogens is 2. The fraction of sp³-hybridized carbons (Fsp3) is 0.333. The molecule has 4 heteroatoms. The second-order valence-electron chi connectivity index (χ2n) is 7.84. The van der Waals surface area contributed by atoms with Crippen molar-refractivity contribution in [2.45, 2.75) is 24.9 Å². The lowest BCUT2D eigenvalue weighted by Gasteiger charge is -2.41. The average Bonchev–Trinajstić information content (AvgIpc) is 2.72. The van der Waals surface area contributed by atoms with E-state index in [1.807, 2.05) is 30.3 Å². The highest BCUT2D eigenvalue weighted by Crippen LogP contribution is 2.36. The Morgan fingerprint density at radius 1 is 0.893 bits per heavy atom. The molecule has 0 bridgehead atoms. The molecule has 0 aliphatic carbocycles. The maximum Gasteiger partial charge on any atom is 0.131 e. The van der Waals surface area contributed by atoms with Crippen molar-refractivity contribution in [2.75, 3.05) is 26.7 Å². The van der Waals surface area contributed by atoms with Gasteiger partial charge in [0.05, 0.1) is 13.2 Å². The number of fused-ring (bicyclic) bond motifs is 1. The van der Waals surface area contributed by atoms with Gasteiger partial charge in [0.15, 0.2) is 0 Å². The van der Waals surface area contributed by atoms with Gasteiger partial charge in [-0.1, -0.05) is 42.5 Å². The van der Waals surface area contributed by atoms with Crippen LogP contribution in [0, 0.1) is 11.6 Å². The van der Waals surface area contributed by atoms with Crippen molar-refractivity contribution < 1.29 is 13.5 Å². The van der Waals surface area contributed by atoms with Crippen LogP contribution in [0.3, 0.4) is 0 Å². The van der Waals surface area contributed by atoms with Crippen molar-refractivity contribution >= 4 is 10.8 Å². The second kappa shape index (κ2) is 7.98. The first-order valence-corrected chi connectivity index (χ1v) is 9.76. The van der Waals surface area contributed by atoms with E-state index in [9.17, 15) is 8.78 Å². The van der Waals surface area contributed by atoms with E-state index < -0.39 is 0 Å². The van der Waals surface area contributed by atoms with E-state index in [-0.39, 0.29) is 17.0 Å². The average molecular weight is 381 g/mol. The van der Waals surface area contributed by atoms with E-state index in [4.69, 9.17) is 4.74 Å². The number of nitrogens with zero attached hydrogens (tertiary/aromatic N) is 1. The smallest absolute Gasteiger partial charge is 0.131 e. The summed E-state index contributed by atoms with van der Waals surface area (Å²) in [6, 6.07) is 17.6. The van der Waals surface area contributed by atoms with Crippen LogP contribution in [0.2, 0.25) is 0 Å². The number of piperidine rings is 1. The standard InChI is InChI=1S/C24H25F2NO/c1-27-14-12-24(13-15-27,19-7-9-20(25)10-8-19)17-28-16-18-6-11-23(26)22-5-3-2-4-21(18)22/h2-11H,12-17H2,1H3. The van der Waals surface area contributed by atoms with Gasteiger partial charge in [0.2, 0.25) is 0 Å². The van der Waals surface area contributed by atoms with Crippen molar-refractivity contribution in [2.24, 2.45) is 0 Å². The molecule has 1 heterocycles. The summed E-state index contributed by atoms with van der Waals surface area (Å²) >= 11 is 0. The quantitative estimate of drug-likeness (QED) is 0.595. The molecule has 0 N–H and O–H groups in total. The Morgan fingerprint density at radius 2 is 1.57 bits per heavy atom. The molecule has 0 spiro atoms. The minimum Gasteiger partial charge on any atom is -0.376 e. The highest BCUT2D eigenvalue weighted by Gasteiger charge is 2.35. The summed E-state index contributed by atoms with van der Waals surface area (Å²) in [5.41, 5.74) is 2.00. The van der Waals surface area contributed by atoms with E-state index in [2.05, 4.69) is 11.9 Å². The summed E-state index contributed by atoms with van der Waals surface area (Å²) in [5.74, 6) is -0.428. The fourth-order valence-electron chi connectivity index (χ4n) is 4.17. The van der Waals surface area contributed by atoms with Gasteiger partial charge in [-0.15, -0.1) is 0 Å². The lowest BCUT2D eigenvalue weighted by atomic mass is 9.73. The summed E-state index contributed by atoms with van der Waals surface area (Å²) < 4.78 is 33.7. The van der Waals surface area contributed by atoms with Crippen LogP contribution in [0.5, 0.6) is 0 Å². The van der Waals surface area contributed by atoms with Gasteiger partial charge in [0.1, 0.15) is 11.6 Å². The minimum absolute atomic E-state index is 0.115. The Labute approximate surface area is 164 Å². The van der Waals surface area contributed by atoms with Crippen LogP contribution >= 0.6 is 0 Å². The SMILES string of the molecule is CN1CCC(COCc2ccc(F)c3ccccc23)(c2ccc(F)cc2)CC1. The van der Waals surface area contributed by atoms with Crippen molar-refractivity contribution in [1.82, 2.24) is 4.90 Å². The third-order valence-corrected chi connectivity index (χ3v) is 6.00. The van der Waals surface area contributed by atoms with Gasteiger partial charge in [-0.3, -0.25) is 0 Å². The Morgan fingerprint density at radius 3 is 2.29 bits per heavy atom. The molecular weight excluding hydrogens is 356 g/mol. The number of likely N-dealkylation sites (tertiary alicyclic amines) is 1. The molecule has 146 valence electrons. The van der Waals surface area contributed by atoms with Crippen LogP contribution in [0.4, 0.5) is 8.78 Å². The van der Waals surface area contributed by atoms with Crippen LogP contribution in [0.25, 0.3) is 10.8 Å². The summed E-state index contributed by atoms with van der Waals surface area (Å²) in [7, 11) is 2.13. The molecule has 0 amide bonds. The minimum atomic E-state index is -0.217. The van der Waals surface area contributed by atoms with Gasteiger partial charge in [0.25, 0.3) is 0 Å². The van der Waals surface area contributed by atoms with Gasteiger partial charge in [-0.25, -0.2) is 8.78 Å². The summed E-state index contributed by atoms with van der Waals surface area (Å²) in [6.07, 6.45) is 1.94. The molecule has 3 aromatic carbocycles. The van der Waals surface area contributed by atoms with Crippen LogP contribution in [-0.4, -0.2) is 31.6 Å². The molecule has 4 rings (SSSR count). The highest BCUT2D eigenvalue weighted by molar-refractivity contribution is 5.86. The second-order valence-corrected chi connectivity index (χ2v) is 7.84. The lowest BCUT2D eigenvalue weighted by molar-refractivity contribution is 0.0412. The first-order chi connectivity index (χ1) is 13.6. The Hall–Kier alpha value is -2.30. The zero-order chi connectivity index (χ0) is 19.6. The largest absolute Gasteiger partial charge is 0.376 e. The monoisotopic (exact) mass is 381 g/mol. The summed E-state index contributed by atoms with van der Waals surface area (Å²) in [6.45, 7) is 2.97. The maximum atomic E-state index is 14.1. The van der Waals surface area contributed by atoms with Crippen molar-refractivity contribution in [3.8, 4) is 0 Å². The Bertz CT molecular complexity index is 946. The molecule has 1 aliphatic heterocycles. The predicted octanol–water partition coefficient (Wildman–Crippen LogP) is 5.30. The van der Waals surface area contributed by atoms with Gasteiger partial charge in [-0.05, 0) is 67.7 Å². The zero-order valence-electron chi connectivity index (χ0n) is 16.1. The topological polar surface area (TPSA) is 12.5 Å². The third-order valence-electron chi connectivity index (χ3n) is 6.00. The van der Waals surface area contributed by atoms with Gasteiger partial charge < -0.3 is 9.64 Å². The number of rotatable bonds is 5. The first-order valence-electron chi connectivity index (χ1n) is 9.76. The summed E-state index contributed by atoms with van der Waals surface area (Å²) in [4.78, 5) is 2.31. The van der Waals surface area contributed by atoms with Crippen molar-refractivity contribution in [3.63, 3.8) is 0 Å². The fourth-order valence-corrected chi connectivity index (χ4v) is 4.17. The van der Waals surface area contributed by atoms with Crippen molar-refractivity contribution in [3.05, 3.63) is 83.4 Å². The molecule has 28 heavy (non-hydrogen) atoms. The molecule has 0 radical (unpaired) electrons. The number of hydrogen-bond donors (Lipinski definition) is 0. The molecule has 0 saturated carbocycles. The predicted molar refractivity (Wildman–Crippen MR) is 108 cm³/mol. The molecule has 1 aliphatic rings. The number of benzene rings is 3. The van der Waals surface area contributed by atoms with E-state index >= 15 is 0 Å². The maximum absolute atomic E-state index is 14.1. The van der Waals surface area contributed by atoms with Gasteiger partial charge >= 0.3 is 0 Å². The van der Waals surface area contributed by atoms with Gasteiger partial charge in [-0.2, -0.15) is 0 Å². The number of hydrogen-bond acceptors (Lipinski definition) is 2.